The lowest BCUT2D eigenvalue weighted by molar-refractivity contribution is 0.0789. The van der Waals surface area contributed by atoms with Crippen LogP contribution < -0.4 is 14.2 Å². The number of carbonyl (C=O) groups excluding carboxylic acids is 1. The normalized spacial score (nSPS) is 14.1. The molecule has 1 fully saturated rings. The minimum atomic E-state index is -3.84. The monoisotopic (exact) mass is 422 g/mol. The summed E-state index contributed by atoms with van der Waals surface area (Å²) in [7, 11) is -2.40. The molecule has 1 aliphatic rings. The van der Waals surface area contributed by atoms with E-state index in [1.165, 1.54) is 49.6 Å². The molecule has 0 radical (unpaired) electrons. The summed E-state index contributed by atoms with van der Waals surface area (Å²) in [5.41, 5.74) is 0.222. The van der Waals surface area contributed by atoms with E-state index in [9.17, 15) is 17.6 Å². The molecule has 0 unspecified atom stereocenters. The van der Waals surface area contributed by atoms with E-state index in [1.807, 2.05) is 0 Å². The number of ether oxygens (including phenoxy) is 2. The number of carbonyl (C=O) groups is 1. The van der Waals surface area contributed by atoms with Crippen LogP contribution in [0.5, 0.6) is 11.5 Å². The third-order valence-corrected chi connectivity index (χ3v) is 6.04. The Balaban J connectivity index is 1.66. The first kappa shape index (κ1) is 21.1. The summed E-state index contributed by atoms with van der Waals surface area (Å²) in [5.74, 6) is 0.155. The van der Waals surface area contributed by atoms with Gasteiger partial charge in [-0.2, -0.15) is 0 Å². The van der Waals surface area contributed by atoms with Gasteiger partial charge in [-0.25, -0.2) is 17.5 Å². The van der Waals surface area contributed by atoms with Crippen molar-refractivity contribution in [1.29, 1.82) is 0 Å². The Kier molecular flexibility index (Phi) is 6.71. The second kappa shape index (κ2) is 9.23. The minimum Gasteiger partial charge on any atom is -0.496 e. The molecule has 9 heteroatoms. The van der Waals surface area contributed by atoms with Crippen LogP contribution >= 0.6 is 0 Å². The highest BCUT2D eigenvalue weighted by Crippen LogP contribution is 2.25. The zero-order valence-corrected chi connectivity index (χ0v) is 16.9. The zero-order chi connectivity index (χ0) is 20.9. The van der Waals surface area contributed by atoms with Crippen molar-refractivity contribution < 1.29 is 27.1 Å². The van der Waals surface area contributed by atoms with Crippen molar-refractivity contribution >= 4 is 15.9 Å². The summed E-state index contributed by atoms with van der Waals surface area (Å²) in [5, 5.41) is 0. The number of nitrogens with one attached hydrogen (secondary N) is 1. The summed E-state index contributed by atoms with van der Waals surface area (Å²) in [6, 6.07) is 9.65. The number of sulfonamides is 1. The highest BCUT2D eigenvalue weighted by atomic mass is 32.2. The molecular formula is C20H23FN2O5S. The second-order valence-corrected chi connectivity index (χ2v) is 8.33. The Labute approximate surface area is 169 Å². The fourth-order valence-corrected chi connectivity index (χ4v) is 4.11. The molecule has 2 aromatic rings. The molecular weight excluding hydrogens is 399 g/mol. The van der Waals surface area contributed by atoms with Gasteiger partial charge in [0.05, 0.1) is 17.6 Å². The second-order valence-electron chi connectivity index (χ2n) is 6.56. The minimum absolute atomic E-state index is 0.0150. The van der Waals surface area contributed by atoms with Crippen LogP contribution in [0.25, 0.3) is 0 Å². The van der Waals surface area contributed by atoms with Crippen molar-refractivity contribution in [2.75, 3.05) is 33.4 Å². The highest BCUT2D eigenvalue weighted by Gasteiger charge is 2.25. The average Bonchev–Trinajstić information content (AvgIpc) is 3.26. The molecule has 0 saturated carbocycles. The largest absolute Gasteiger partial charge is 0.496 e. The predicted octanol–water partition coefficient (Wildman–Crippen LogP) is 2.43. The van der Waals surface area contributed by atoms with Gasteiger partial charge in [0.15, 0.2) is 0 Å². The Morgan fingerprint density at radius 3 is 2.48 bits per heavy atom. The summed E-state index contributed by atoms with van der Waals surface area (Å²) in [6.45, 7) is 1.39. The number of amides is 1. The molecule has 3 rings (SSSR count). The molecule has 1 N–H and O–H groups in total. The predicted molar refractivity (Wildman–Crippen MR) is 105 cm³/mol. The number of rotatable bonds is 8. The van der Waals surface area contributed by atoms with Gasteiger partial charge in [-0.15, -0.1) is 0 Å². The SMILES string of the molecule is COc1ccc(S(=O)(=O)NCCOc2ccc(F)cc2)cc1C(=O)N1CCCC1. The molecule has 0 spiro atoms. The maximum Gasteiger partial charge on any atom is 0.257 e. The van der Waals surface area contributed by atoms with Crippen LogP contribution in [-0.2, 0) is 10.0 Å². The maximum atomic E-state index is 12.9. The first-order chi connectivity index (χ1) is 13.9. The van der Waals surface area contributed by atoms with Gasteiger partial charge in [-0.05, 0) is 55.3 Å². The van der Waals surface area contributed by atoms with Crippen LogP contribution in [0.1, 0.15) is 23.2 Å². The lowest BCUT2D eigenvalue weighted by Gasteiger charge is -2.18. The van der Waals surface area contributed by atoms with E-state index in [2.05, 4.69) is 4.72 Å². The number of likely N-dealkylation sites (tertiary alicyclic amines) is 1. The Hall–Kier alpha value is -2.65. The third kappa shape index (κ3) is 5.24. The molecule has 1 heterocycles. The van der Waals surface area contributed by atoms with E-state index in [0.29, 0.717) is 24.6 Å². The van der Waals surface area contributed by atoms with Crippen LogP contribution in [0.3, 0.4) is 0 Å². The number of benzene rings is 2. The summed E-state index contributed by atoms with van der Waals surface area (Å²) in [4.78, 5) is 14.4. The van der Waals surface area contributed by atoms with E-state index in [1.54, 1.807) is 4.90 Å². The number of methoxy groups -OCH3 is 1. The maximum absolute atomic E-state index is 12.9. The van der Waals surface area contributed by atoms with Gasteiger partial charge in [0.1, 0.15) is 23.9 Å². The number of hydrogen-bond acceptors (Lipinski definition) is 5. The van der Waals surface area contributed by atoms with Gasteiger partial charge >= 0.3 is 0 Å². The number of hydrogen-bond donors (Lipinski definition) is 1. The standard InChI is InChI=1S/C20H23FN2O5S/c1-27-19-9-8-17(14-18(19)20(24)23-11-2-3-12-23)29(25,26)22-10-13-28-16-6-4-15(21)5-7-16/h4-9,14,22H,2-3,10-13H2,1H3. The van der Waals surface area contributed by atoms with Crippen LogP contribution in [0.2, 0.25) is 0 Å². The van der Waals surface area contributed by atoms with E-state index < -0.39 is 10.0 Å². The van der Waals surface area contributed by atoms with Gasteiger partial charge in [0, 0.05) is 19.6 Å². The molecule has 1 amide bonds. The van der Waals surface area contributed by atoms with Crippen molar-refractivity contribution in [3.8, 4) is 11.5 Å². The molecule has 1 saturated heterocycles. The molecule has 0 aliphatic carbocycles. The van der Waals surface area contributed by atoms with Crippen molar-refractivity contribution in [1.82, 2.24) is 9.62 Å². The van der Waals surface area contributed by atoms with Gasteiger partial charge in [0.25, 0.3) is 5.91 Å². The highest BCUT2D eigenvalue weighted by molar-refractivity contribution is 7.89. The smallest absolute Gasteiger partial charge is 0.257 e. The fraction of sp³-hybridized carbons (Fsp3) is 0.350. The Morgan fingerprint density at radius 2 is 1.83 bits per heavy atom. The molecule has 0 aromatic heterocycles. The first-order valence-electron chi connectivity index (χ1n) is 9.26. The van der Waals surface area contributed by atoms with Crippen LogP contribution in [-0.4, -0.2) is 52.6 Å². The first-order valence-corrected chi connectivity index (χ1v) is 10.7. The van der Waals surface area contributed by atoms with Crippen molar-refractivity contribution in [3.63, 3.8) is 0 Å². The average molecular weight is 422 g/mol. The molecule has 1 aliphatic heterocycles. The summed E-state index contributed by atoms with van der Waals surface area (Å²) in [6.07, 6.45) is 1.86. The number of nitrogens with zero attached hydrogens (tertiary/aromatic N) is 1. The Morgan fingerprint density at radius 1 is 1.14 bits per heavy atom. The van der Waals surface area contributed by atoms with Crippen LogP contribution in [0, 0.1) is 5.82 Å². The van der Waals surface area contributed by atoms with Gasteiger partial charge in [-0.3, -0.25) is 4.79 Å². The van der Waals surface area contributed by atoms with Crippen LogP contribution in [0.15, 0.2) is 47.4 Å². The van der Waals surface area contributed by atoms with Gasteiger partial charge < -0.3 is 14.4 Å². The van der Waals surface area contributed by atoms with Gasteiger partial charge in [-0.1, -0.05) is 0 Å². The van der Waals surface area contributed by atoms with E-state index >= 15 is 0 Å². The molecule has 0 bridgehead atoms. The molecule has 156 valence electrons. The lowest BCUT2D eigenvalue weighted by atomic mass is 10.1. The fourth-order valence-electron chi connectivity index (χ4n) is 3.07. The third-order valence-electron chi connectivity index (χ3n) is 4.58. The summed E-state index contributed by atoms with van der Waals surface area (Å²) < 4.78 is 51.1. The number of halogens is 1. The zero-order valence-electron chi connectivity index (χ0n) is 16.1. The van der Waals surface area contributed by atoms with Crippen molar-refractivity contribution in [2.24, 2.45) is 0 Å². The van der Waals surface area contributed by atoms with Crippen molar-refractivity contribution in [2.45, 2.75) is 17.7 Å². The topological polar surface area (TPSA) is 84.9 Å². The van der Waals surface area contributed by atoms with Crippen molar-refractivity contribution in [3.05, 3.63) is 53.8 Å². The van der Waals surface area contributed by atoms with E-state index in [-0.39, 0.29) is 35.3 Å². The molecule has 2 aromatic carbocycles. The Bertz CT molecular complexity index is 957. The molecule has 7 nitrogen and oxygen atoms in total. The van der Waals surface area contributed by atoms with E-state index in [0.717, 1.165) is 12.8 Å². The molecule has 29 heavy (non-hydrogen) atoms. The lowest BCUT2D eigenvalue weighted by Crippen LogP contribution is -2.30. The van der Waals surface area contributed by atoms with Crippen LogP contribution in [0.4, 0.5) is 4.39 Å². The molecule has 0 atom stereocenters. The quantitative estimate of drug-likeness (QED) is 0.661. The summed E-state index contributed by atoms with van der Waals surface area (Å²) >= 11 is 0. The van der Waals surface area contributed by atoms with E-state index in [4.69, 9.17) is 9.47 Å². The van der Waals surface area contributed by atoms with Gasteiger partial charge in [0.2, 0.25) is 10.0 Å².